The van der Waals surface area contributed by atoms with Gasteiger partial charge in [0.05, 0.1) is 0 Å². The minimum absolute atomic E-state index is 0.636. The second-order valence-electron chi connectivity index (χ2n) is 5.81. The van der Waals surface area contributed by atoms with E-state index in [4.69, 9.17) is 38.0 Å². The predicted molar refractivity (Wildman–Crippen MR) is 117 cm³/mol. The molecule has 0 heterocycles. The Balaban J connectivity index is 0. The third kappa shape index (κ3) is 14.1. The molecular formula is C17H45N3O6Si2. The SMILES string of the molecule is CCO[Si](CCCN)(OCC)OCC.CO[Si](CCCNCCN)(OC)OC. The first-order valence-electron chi connectivity index (χ1n) is 10.2. The van der Waals surface area contributed by atoms with Gasteiger partial charge in [-0.15, -0.1) is 0 Å². The Morgan fingerprint density at radius 3 is 1.46 bits per heavy atom. The summed E-state index contributed by atoms with van der Waals surface area (Å²) < 4.78 is 32.8. The van der Waals surface area contributed by atoms with E-state index in [0.717, 1.165) is 38.0 Å². The Morgan fingerprint density at radius 1 is 0.643 bits per heavy atom. The molecule has 28 heavy (non-hydrogen) atoms. The van der Waals surface area contributed by atoms with Crippen molar-refractivity contribution in [3.05, 3.63) is 0 Å². The molecule has 0 amide bonds. The van der Waals surface area contributed by atoms with Crippen LogP contribution in [-0.2, 0) is 26.6 Å². The first kappa shape index (κ1) is 30.3. The smallest absolute Gasteiger partial charge is 0.377 e. The van der Waals surface area contributed by atoms with E-state index in [2.05, 4.69) is 5.32 Å². The van der Waals surface area contributed by atoms with E-state index < -0.39 is 17.6 Å². The Hall–Kier alpha value is 0.0738. The fourth-order valence-electron chi connectivity index (χ4n) is 2.53. The van der Waals surface area contributed by atoms with Crippen molar-refractivity contribution in [1.29, 1.82) is 0 Å². The van der Waals surface area contributed by atoms with E-state index in [9.17, 15) is 0 Å². The van der Waals surface area contributed by atoms with Crippen molar-refractivity contribution in [1.82, 2.24) is 5.32 Å². The summed E-state index contributed by atoms with van der Waals surface area (Å²) in [7, 11) is 0.149. The zero-order chi connectivity index (χ0) is 21.7. The number of hydrogen-bond acceptors (Lipinski definition) is 9. The molecule has 0 saturated heterocycles. The lowest BCUT2D eigenvalue weighted by atomic mass is 10.5. The fourth-order valence-corrected chi connectivity index (χ4v) is 6.89. The van der Waals surface area contributed by atoms with Crippen molar-refractivity contribution in [3.8, 4) is 0 Å². The van der Waals surface area contributed by atoms with Gasteiger partial charge in [0.2, 0.25) is 0 Å². The first-order chi connectivity index (χ1) is 13.5. The van der Waals surface area contributed by atoms with Gasteiger partial charge in [0.25, 0.3) is 0 Å². The Kier molecular flexibility index (Phi) is 22.0. The Labute approximate surface area is 174 Å². The van der Waals surface area contributed by atoms with E-state index in [-0.39, 0.29) is 0 Å². The lowest BCUT2D eigenvalue weighted by Gasteiger charge is -2.28. The maximum atomic E-state index is 5.65. The maximum absolute atomic E-state index is 5.65. The van der Waals surface area contributed by atoms with Gasteiger partial charge in [-0.3, -0.25) is 0 Å². The highest BCUT2D eigenvalue weighted by Crippen LogP contribution is 2.17. The largest absolute Gasteiger partial charge is 0.500 e. The standard InChI is InChI=1S/C9H23NO3Si.C8H22N2O3Si/c1-4-11-14(12-5-2,13-6-3)9-7-8-10;1-11-14(12-2,13-3)8-4-6-10-7-5-9/h4-10H2,1-3H3;10H,4-9H2,1-3H3. The van der Waals surface area contributed by atoms with Crippen LogP contribution in [0.15, 0.2) is 0 Å². The second kappa shape index (κ2) is 20.4. The zero-order valence-corrected chi connectivity index (χ0v) is 20.9. The highest BCUT2D eigenvalue weighted by Gasteiger charge is 2.39. The second-order valence-corrected chi connectivity index (χ2v) is 11.6. The van der Waals surface area contributed by atoms with Gasteiger partial charge in [0.15, 0.2) is 0 Å². The molecule has 0 spiro atoms. The summed E-state index contributed by atoms with van der Waals surface area (Å²) >= 11 is 0. The molecule has 0 saturated carbocycles. The summed E-state index contributed by atoms with van der Waals surface area (Å²) in [5.74, 6) is 0. The van der Waals surface area contributed by atoms with Crippen molar-refractivity contribution < 1.29 is 26.6 Å². The Bertz CT molecular complexity index is 304. The lowest BCUT2D eigenvalue weighted by Crippen LogP contribution is -2.46. The normalized spacial score (nSPS) is 12.0. The molecule has 9 nitrogen and oxygen atoms in total. The van der Waals surface area contributed by atoms with Crippen LogP contribution in [0, 0.1) is 0 Å². The minimum atomic E-state index is -2.40. The molecule has 0 rings (SSSR count). The molecule has 0 aliphatic carbocycles. The number of nitrogens with two attached hydrogens (primary N) is 2. The summed E-state index contributed by atoms with van der Waals surface area (Å²) in [6.07, 6.45) is 1.87. The molecule has 0 atom stereocenters. The van der Waals surface area contributed by atoms with Gasteiger partial charge in [-0.2, -0.15) is 0 Å². The van der Waals surface area contributed by atoms with Crippen LogP contribution in [0.4, 0.5) is 0 Å². The van der Waals surface area contributed by atoms with Gasteiger partial charge in [-0.25, -0.2) is 0 Å². The monoisotopic (exact) mass is 443 g/mol. The van der Waals surface area contributed by atoms with Crippen LogP contribution in [0.5, 0.6) is 0 Å². The molecule has 0 unspecified atom stereocenters. The summed E-state index contributed by atoms with van der Waals surface area (Å²) in [5.41, 5.74) is 10.8. The first-order valence-corrected chi connectivity index (χ1v) is 14.0. The molecule has 0 bridgehead atoms. The minimum Gasteiger partial charge on any atom is -0.377 e. The molecule has 0 aromatic carbocycles. The molecule has 0 fully saturated rings. The van der Waals surface area contributed by atoms with Gasteiger partial charge in [-0.05, 0) is 46.7 Å². The van der Waals surface area contributed by atoms with Crippen molar-refractivity contribution in [2.45, 2.75) is 45.7 Å². The molecule has 0 aromatic heterocycles. The highest BCUT2D eigenvalue weighted by molar-refractivity contribution is 6.61. The third-order valence-electron chi connectivity index (χ3n) is 3.87. The lowest BCUT2D eigenvalue weighted by molar-refractivity contribution is 0.0710. The van der Waals surface area contributed by atoms with Crippen LogP contribution in [0.2, 0.25) is 12.1 Å². The summed E-state index contributed by atoms with van der Waals surface area (Å²) in [6.45, 7) is 10.9. The number of nitrogens with one attached hydrogen (secondary N) is 1. The number of hydrogen-bond donors (Lipinski definition) is 3. The molecule has 5 N–H and O–H groups in total. The van der Waals surface area contributed by atoms with Crippen LogP contribution >= 0.6 is 0 Å². The van der Waals surface area contributed by atoms with E-state index in [0.29, 0.717) is 32.9 Å². The zero-order valence-electron chi connectivity index (χ0n) is 18.9. The van der Waals surface area contributed by atoms with Gasteiger partial charge in [0, 0.05) is 66.3 Å². The predicted octanol–water partition coefficient (Wildman–Crippen LogP) is 1.19. The van der Waals surface area contributed by atoms with Crippen molar-refractivity contribution in [2.75, 3.05) is 67.3 Å². The van der Waals surface area contributed by atoms with E-state index in [1.165, 1.54) is 0 Å². The number of rotatable bonds is 18. The Morgan fingerprint density at radius 2 is 1.11 bits per heavy atom. The molecule has 0 aromatic rings. The van der Waals surface area contributed by atoms with Crippen molar-refractivity contribution >= 4 is 17.6 Å². The quantitative estimate of drug-likeness (QED) is 0.212. The van der Waals surface area contributed by atoms with Crippen LogP contribution in [0.1, 0.15) is 33.6 Å². The van der Waals surface area contributed by atoms with E-state index >= 15 is 0 Å². The third-order valence-corrected chi connectivity index (χ3v) is 9.85. The summed E-state index contributed by atoms with van der Waals surface area (Å²) in [6, 6.07) is 1.65. The fraction of sp³-hybridized carbons (Fsp3) is 1.00. The van der Waals surface area contributed by atoms with Crippen LogP contribution in [-0.4, -0.2) is 84.9 Å². The summed E-state index contributed by atoms with van der Waals surface area (Å²) in [4.78, 5) is 0. The molecule has 0 radical (unpaired) electrons. The summed E-state index contributed by atoms with van der Waals surface area (Å²) in [5, 5.41) is 3.21. The molecule has 0 aliphatic rings. The van der Waals surface area contributed by atoms with Crippen molar-refractivity contribution in [3.63, 3.8) is 0 Å². The molecular weight excluding hydrogens is 398 g/mol. The average Bonchev–Trinajstić information content (AvgIpc) is 2.71. The van der Waals surface area contributed by atoms with E-state index in [1.807, 2.05) is 20.8 Å². The average molecular weight is 444 g/mol. The van der Waals surface area contributed by atoms with Gasteiger partial charge < -0.3 is 43.3 Å². The van der Waals surface area contributed by atoms with Crippen LogP contribution in [0.3, 0.4) is 0 Å². The highest BCUT2D eigenvalue weighted by atomic mass is 28.4. The van der Waals surface area contributed by atoms with E-state index in [1.54, 1.807) is 21.3 Å². The van der Waals surface area contributed by atoms with Crippen LogP contribution in [0.25, 0.3) is 0 Å². The van der Waals surface area contributed by atoms with Crippen molar-refractivity contribution in [2.24, 2.45) is 11.5 Å². The topological polar surface area (TPSA) is 119 Å². The molecule has 0 aliphatic heterocycles. The molecule has 172 valence electrons. The molecule has 11 heteroatoms. The van der Waals surface area contributed by atoms with Crippen LogP contribution < -0.4 is 16.8 Å². The van der Waals surface area contributed by atoms with Gasteiger partial charge in [-0.1, -0.05) is 0 Å². The maximum Gasteiger partial charge on any atom is 0.500 e. The van der Waals surface area contributed by atoms with Gasteiger partial charge >= 0.3 is 17.6 Å². The van der Waals surface area contributed by atoms with Gasteiger partial charge in [0.1, 0.15) is 0 Å².